The van der Waals surface area contributed by atoms with Crippen molar-refractivity contribution in [3.8, 4) is 5.75 Å². The quantitative estimate of drug-likeness (QED) is 0.686. The molecule has 1 aliphatic heterocycles. The molecule has 1 fully saturated rings. The van der Waals surface area contributed by atoms with Crippen molar-refractivity contribution in [2.24, 2.45) is 0 Å². The van der Waals surface area contributed by atoms with Gasteiger partial charge in [0.1, 0.15) is 10.6 Å². The van der Waals surface area contributed by atoms with Crippen LogP contribution in [0.25, 0.3) is 0 Å². The fourth-order valence-electron chi connectivity index (χ4n) is 3.08. The maximum Gasteiger partial charge on any atom is 0.246 e. The second-order valence-electron chi connectivity index (χ2n) is 6.60. The van der Waals surface area contributed by atoms with Gasteiger partial charge in [-0.1, -0.05) is 12.1 Å². The molecule has 0 atom stereocenters. The van der Waals surface area contributed by atoms with E-state index >= 15 is 0 Å². The number of carbonyl (C=O) groups excluding carboxylic acids is 1. The van der Waals surface area contributed by atoms with Crippen LogP contribution in [-0.2, 0) is 32.4 Å². The number of hydrogen-bond donors (Lipinski definition) is 1. The van der Waals surface area contributed by atoms with E-state index in [0.29, 0.717) is 44.8 Å². The molecule has 2 aromatic rings. The van der Waals surface area contributed by atoms with Gasteiger partial charge in [0.2, 0.25) is 15.9 Å². The monoisotopic (exact) mass is 419 g/mol. The van der Waals surface area contributed by atoms with Crippen LogP contribution < -0.4 is 10.1 Å². The molecule has 0 spiro atoms. The Morgan fingerprint density at radius 1 is 1.24 bits per heavy atom. The van der Waals surface area contributed by atoms with Gasteiger partial charge < -0.3 is 14.8 Å². The van der Waals surface area contributed by atoms with Crippen LogP contribution in [0.1, 0.15) is 11.3 Å². The standard InChI is InChI=1S/C20H25N3O5S/c1-27-18-6-5-16(14-19(18)29(25,26)23-10-12-28-13-11-23)15-20(24)22-9-7-17-4-2-3-8-21-17/h2-6,8,14H,7,9-13,15H2,1H3,(H,22,24). The smallest absolute Gasteiger partial charge is 0.246 e. The highest BCUT2D eigenvalue weighted by atomic mass is 32.2. The fraction of sp³-hybridized carbons (Fsp3) is 0.400. The Kier molecular flexibility index (Phi) is 7.18. The van der Waals surface area contributed by atoms with E-state index < -0.39 is 10.0 Å². The molecule has 1 N–H and O–H groups in total. The van der Waals surface area contributed by atoms with Crippen molar-refractivity contribution in [1.82, 2.24) is 14.6 Å². The zero-order chi connectivity index (χ0) is 20.7. The summed E-state index contributed by atoms with van der Waals surface area (Å²) in [4.78, 5) is 16.6. The molecule has 156 valence electrons. The molecule has 2 heterocycles. The van der Waals surface area contributed by atoms with Crippen LogP contribution in [0.15, 0.2) is 47.5 Å². The Bertz CT molecular complexity index is 928. The van der Waals surface area contributed by atoms with Crippen molar-refractivity contribution in [3.05, 3.63) is 53.9 Å². The van der Waals surface area contributed by atoms with Crippen LogP contribution in [-0.4, -0.2) is 63.6 Å². The number of nitrogens with zero attached hydrogens (tertiary/aromatic N) is 2. The Morgan fingerprint density at radius 3 is 2.72 bits per heavy atom. The van der Waals surface area contributed by atoms with Crippen LogP contribution >= 0.6 is 0 Å². The number of pyridine rings is 1. The van der Waals surface area contributed by atoms with Crippen LogP contribution in [0, 0.1) is 0 Å². The van der Waals surface area contributed by atoms with Gasteiger partial charge >= 0.3 is 0 Å². The van der Waals surface area contributed by atoms with Gasteiger partial charge in [-0.2, -0.15) is 4.31 Å². The second kappa shape index (κ2) is 9.82. The Morgan fingerprint density at radius 2 is 2.03 bits per heavy atom. The molecule has 0 radical (unpaired) electrons. The molecular weight excluding hydrogens is 394 g/mol. The first-order valence-electron chi connectivity index (χ1n) is 9.42. The zero-order valence-electron chi connectivity index (χ0n) is 16.3. The summed E-state index contributed by atoms with van der Waals surface area (Å²) in [7, 11) is -2.30. The van der Waals surface area contributed by atoms with Crippen LogP contribution in [0.3, 0.4) is 0 Å². The summed E-state index contributed by atoms with van der Waals surface area (Å²) in [5.74, 6) is 0.0802. The second-order valence-corrected chi connectivity index (χ2v) is 8.51. The lowest BCUT2D eigenvalue weighted by molar-refractivity contribution is -0.120. The zero-order valence-corrected chi connectivity index (χ0v) is 17.2. The summed E-state index contributed by atoms with van der Waals surface area (Å²) in [6, 6.07) is 10.5. The highest BCUT2D eigenvalue weighted by Gasteiger charge is 2.29. The van der Waals surface area contributed by atoms with Crippen LogP contribution in [0.2, 0.25) is 0 Å². The number of rotatable bonds is 8. The molecule has 0 unspecified atom stereocenters. The molecule has 1 amide bonds. The van der Waals surface area contributed by atoms with E-state index in [4.69, 9.17) is 9.47 Å². The van der Waals surface area contributed by atoms with Gasteiger partial charge in [-0.05, 0) is 29.8 Å². The third-order valence-electron chi connectivity index (χ3n) is 4.61. The number of amides is 1. The summed E-state index contributed by atoms with van der Waals surface area (Å²) in [6.07, 6.45) is 2.43. The summed E-state index contributed by atoms with van der Waals surface area (Å²) in [5, 5.41) is 2.84. The van der Waals surface area contributed by atoms with Gasteiger partial charge in [0, 0.05) is 37.9 Å². The van der Waals surface area contributed by atoms with Gasteiger partial charge in [-0.15, -0.1) is 0 Å². The molecule has 29 heavy (non-hydrogen) atoms. The van der Waals surface area contributed by atoms with Crippen molar-refractivity contribution >= 4 is 15.9 Å². The maximum atomic E-state index is 13.0. The minimum absolute atomic E-state index is 0.0701. The average molecular weight is 420 g/mol. The summed E-state index contributed by atoms with van der Waals surface area (Å²) < 4.78 is 37.9. The first-order chi connectivity index (χ1) is 14.0. The Labute approximate surface area is 170 Å². The predicted octanol–water partition coefficient (Wildman–Crippen LogP) is 1.01. The van der Waals surface area contributed by atoms with Crippen molar-refractivity contribution < 1.29 is 22.7 Å². The van der Waals surface area contributed by atoms with Crippen molar-refractivity contribution in [1.29, 1.82) is 0 Å². The van der Waals surface area contributed by atoms with Crippen LogP contribution in [0.5, 0.6) is 5.75 Å². The third-order valence-corrected chi connectivity index (χ3v) is 6.53. The normalized spacial score (nSPS) is 15.1. The lowest BCUT2D eigenvalue weighted by atomic mass is 10.1. The average Bonchev–Trinajstić information content (AvgIpc) is 2.75. The van der Waals surface area contributed by atoms with Gasteiger partial charge in [-0.25, -0.2) is 8.42 Å². The van der Waals surface area contributed by atoms with Crippen LogP contribution in [0.4, 0.5) is 0 Å². The Hall–Kier alpha value is -2.49. The molecule has 0 saturated carbocycles. The highest BCUT2D eigenvalue weighted by Crippen LogP contribution is 2.28. The van der Waals surface area contributed by atoms with Crippen molar-refractivity contribution in [2.45, 2.75) is 17.7 Å². The maximum absolute atomic E-state index is 13.0. The van der Waals surface area contributed by atoms with Gasteiger partial charge in [0.25, 0.3) is 0 Å². The van der Waals surface area contributed by atoms with E-state index in [0.717, 1.165) is 5.69 Å². The molecule has 3 rings (SSSR count). The predicted molar refractivity (Wildman–Crippen MR) is 107 cm³/mol. The highest BCUT2D eigenvalue weighted by molar-refractivity contribution is 7.89. The fourth-order valence-corrected chi connectivity index (χ4v) is 4.70. The van der Waals surface area contributed by atoms with E-state index in [1.165, 1.54) is 17.5 Å². The number of methoxy groups -OCH3 is 1. The largest absolute Gasteiger partial charge is 0.495 e. The van der Waals surface area contributed by atoms with Gasteiger partial charge in [0.15, 0.2) is 0 Å². The topological polar surface area (TPSA) is 97.8 Å². The van der Waals surface area contributed by atoms with Crippen molar-refractivity contribution in [2.75, 3.05) is 40.0 Å². The molecule has 0 bridgehead atoms. The molecule has 1 aliphatic rings. The summed E-state index contributed by atoms with van der Waals surface area (Å²) >= 11 is 0. The molecule has 1 aromatic carbocycles. The van der Waals surface area contributed by atoms with E-state index in [1.54, 1.807) is 18.3 Å². The van der Waals surface area contributed by atoms with E-state index in [2.05, 4.69) is 10.3 Å². The number of sulfonamides is 1. The van der Waals surface area contributed by atoms with Gasteiger partial charge in [-0.3, -0.25) is 9.78 Å². The van der Waals surface area contributed by atoms with Crippen molar-refractivity contribution in [3.63, 3.8) is 0 Å². The third kappa shape index (κ3) is 5.53. The van der Waals surface area contributed by atoms with E-state index in [9.17, 15) is 13.2 Å². The first kappa shape index (κ1) is 21.2. The minimum atomic E-state index is -3.73. The molecule has 0 aliphatic carbocycles. The summed E-state index contributed by atoms with van der Waals surface area (Å²) in [6.45, 7) is 1.78. The molecular formula is C20H25N3O5S. The Balaban J connectivity index is 1.67. The number of ether oxygens (including phenoxy) is 2. The minimum Gasteiger partial charge on any atom is -0.495 e. The molecule has 1 aromatic heterocycles. The lowest BCUT2D eigenvalue weighted by Crippen LogP contribution is -2.40. The number of aromatic nitrogens is 1. The van der Waals surface area contributed by atoms with E-state index in [-0.39, 0.29) is 23.0 Å². The number of benzene rings is 1. The molecule has 8 nitrogen and oxygen atoms in total. The summed E-state index contributed by atoms with van der Waals surface area (Å²) in [5.41, 5.74) is 1.50. The molecule has 9 heteroatoms. The number of nitrogens with one attached hydrogen (secondary N) is 1. The van der Waals surface area contributed by atoms with Gasteiger partial charge in [0.05, 0.1) is 26.7 Å². The van der Waals surface area contributed by atoms with E-state index in [1.807, 2.05) is 18.2 Å². The number of carbonyl (C=O) groups is 1. The number of hydrogen-bond acceptors (Lipinski definition) is 6. The molecule has 1 saturated heterocycles. The SMILES string of the molecule is COc1ccc(CC(=O)NCCc2ccccn2)cc1S(=O)(=O)N1CCOCC1. The number of morpholine rings is 1. The first-order valence-corrected chi connectivity index (χ1v) is 10.9. The lowest BCUT2D eigenvalue weighted by Gasteiger charge is -2.26.